The molecule has 0 radical (unpaired) electrons. The Balaban J connectivity index is 2.64. The third-order valence-corrected chi connectivity index (χ3v) is 2.16. The van der Waals surface area contributed by atoms with Crippen molar-refractivity contribution in [2.24, 2.45) is 0 Å². The van der Waals surface area contributed by atoms with Gasteiger partial charge in [-0.15, -0.1) is 0 Å². The van der Waals surface area contributed by atoms with Gasteiger partial charge in [0.05, 0.1) is 5.02 Å². The number of pyridine rings is 2. The highest BCUT2D eigenvalue weighted by molar-refractivity contribution is 6.31. The Kier molecular flexibility index (Phi) is 2.78. The number of hydrogen-bond acceptors (Lipinski definition) is 2. The molecule has 0 amide bonds. The summed E-state index contributed by atoms with van der Waals surface area (Å²) in [6.07, 6.45) is 1.13. The Morgan fingerprint density at radius 2 is 1.81 bits per heavy atom. The summed E-state index contributed by atoms with van der Waals surface area (Å²) in [6.45, 7) is 0. The molecule has 0 aliphatic carbocycles. The van der Waals surface area contributed by atoms with Gasteiger partial charge in [-0.25, -0.2) is 14.4 Å². The number of halogens is 4. The third-order valence-electron chi connectivity index (χ3n) is 1.88. The van der Waals surface area contributed by atoms with Crippen molar-refractivity contribution in [1.29, 1.82) is 0 Å². The molecular weight excluding hydrogens is 241 g/mol. The van der Waals surface area contributed by atoms with Crippen molar-refractivity contribution in [2.45, 2.75) is 0 Å². The molecule has 0 bridgehead atoms. The lowest BCUT2D eigenvalue weighted by atomic mass is 10.1. The number of nitrogens with zero attached hydrogens (tertiary/aromatic N) is 2. The fraction of sp³-hybridized carbons (Fsp3) is 0. The monoisotopic (exact) mass is 244 g/mol. The molecule has 82 valence electrons. The van der Waals surface area contributed by atoms with Crippen LogP contribution in [0, 0.1) is 17.7 Å². The van der Waals surface area contributed by atoms with E-state index in [1.165, 1.54) is 6.07 Å². The lowest BCUT2D eigenvalue weighted by molar-refractivity contribution is 0.562. The van der Waals surface area contributed by atoms with Crippen LogP contribution in [0.1, 0.15) is 0 Å². The molecular formula is C10H4ClF3N2. The van der Waals surface area contributed by atoms with Crippen LogP contribution in [0.3, 0.4) is 0 Å². The topological polar surface area (TPSA) is 25.8 Å². The molecule has 16 heavy (non-hydrogen) atoms. The van der Waals surface area contributed by atoms with Crippen LogP contribution < -0.4 is 0 Å². The standard InChI is InChI=1S/C10H4ClF3N2/c11-6-4-8(13)16-10(9(6)14)5-1-2-15-7(12)3-5/h1-4H. The maximum absolute atomic E-state index is 13.5. The molecule has 2 rings (SSSR count). The van der Waals surface area contributed by atoms with E-state index in [9.17, 15) is 13.2 Å². The van der Waals surface area contributed by atoms with E-state index in [4.69, 9.17) is 11.6 Å². The average Bonchev–Trinajstić information content (AvgIpc) is 2.23. The van der Waals surface area contributed by atoms with Crippen LogP contribution in [0.5, 0.6) is 0 Å². The van der Waals surface area contributed by atoms with E-state index in [2.05, 4.69) is 9.97 Å². The maximum Gasteiger partial charge on any atom is 0.215 e. The van der Waals surface area contributed by atoms with E-state index < -0.39 is 22.7 Å². The van der Waals surface area contributed by atoms with Crippen LogP contribution in [-0.4, -0.2) is 9.97 Å². The van der Waals surface area contributed by atoms with Crippen molar-refractivity contribution in [3.8, 4) is 11.3 Å². The predicted molar refractivity (Wildman–Crippen MR) is 52.4 cm³/mol. The molecule has 2 heterocycles. The molecule has 0 unspecified atom stereocenters. The first-order valence-corrected chi connectivity index (χ1v) is 4.59. The summed E-state index contributed by atoms with van der Waals surface area (Å²) in [4.78, 5) is 6.62. The fourth-order valence-corrected chi connectivity index (χ4v) is 1.39. The summed E-state index contributed by atoms with van der Waals surface area (Å²) < 4.78 is 39.2. The molecule has 0 spiro atoms. The van der Waals surface area contributed by atoms with Gasteiger partial charge in [0.1, 0.15) is 5.69 Å². The third kappa shape index (κ3) is 1.99. The quantitative estimate of drug-likeness (QED) is 0.720. The van der Waals surface area contributed by atoms with Gasteiger partial charge in [-0.2, -0.15) is 8.78 Å². The van der Waals surface area contributed by atoms with E-state index in [0.717, 1.165) is 18.3 Å². The highest BCUT2D eigenvalue weighted by atomic mass is 35.5. The molecule has 2 nitrogen and oxygen atoms in total. The normalized spacial score (nSPS) is 10.5. The van der Waals surface area contributed by atoms with Gasteiger partial charge >= 0.3 is 0 Å². The first kappa shape index (κ1) is 10.9. The van der Waals surface area contributed by atoms with Crippen molar-refractivity contribution >= 4 is 11.6 Å². The summed E-state index contributed by atoms with van der Waals surface area (Å²) >= 11 is 5.44. The molecule has 0 atom stereocenters. The van der Waals surface area contributed by atoms with Crippen molar-refractivity contribution in [2.75, 3.05) is 0 Å². The minimum Gasteiger partial charge on any atom is -0.228 e. The molecule has 0 aliphatic rings. The fourth-order valence-electron chi connectivity index (χ4n) is 1.21. The SMILES string of the molecule is Fc1cc(-c2nc(F)cc(Cl)c2F)ccn1. The van der Waals surface area contributed by atoms with Crippen LogP contribution in [0.2, 0.25) is 5.02 Å². The summed E-state index contributed by atoms with van der Waals surface area (Å²) in [5, 5.41) is -0.403. The van der Waals surface area contributed by atoms with Crippen LogP contribution in [0.15, 0.2) is 24.4 Å². The summed E-state index contributed by atoms with van der Waals surface area (Å²) in [7, 11) is 0. The van der Waals surface area contributed by atoms with E-state index in [-0.39, 0.29) is 11.3 Å². The number of rotatable bonds is 1. The zero-order chi connectivity index (χ0) is 11.7. The van der Waals surface area contributed by atoms with Gasteiger partial charge in [-0.05, 0) is 6.07 Å². The second kappa shape index (κ2) is 4.09. The van der Waals surface area contributed by atoms with Gasteiger partial charge in [-0.3, -0.25) is 0 Å². The van der Waals surface area contributed by atoms with Gasteiger partial charge in [0, 0.05) is 23.9 Å². The smallest absolute Gasteiger partial charge is 0.215 e. The zero-order valence-corrected chi connectivity index (χ0v) is 8.47. The van der Waals surface area contributed by atoms with Gasteiger partial charge in [0.15, 0.2) is 5.82 Å². The molecule has 0 fully saturated rings. The zero-order valence-electron chi connectivity index (χ0n) is 7.72. The largest absolute Gasteiger partial charge is 0.228 e. The molecule has 2 aromatic rings. The molecule has 0 saturated heterocycles. The average molecular weight is 245 g/mol. The summed E-state index contributed by atoms with van der Waals surface area (Å²) in [6, 6.07) is 3.00. The molecule has 0 N–H and O–H groups in total. The Labute approximate surface area is 93.7 Å². The number of hydrogen-bond donors (Lipinski definition) is 0. The maximum atomic E-state index is 13.5. The minimum absolute atomic E-state index is 0.0754. The highest BCUT2D eigenvalue weighted by Crippen LogP contribution is 2.26. The minimum atomic E-state index is -0.932. The predicted octanol–water partition coefficient (Wildman–Crippen LogP) is 3.21. The Morgan fingerprint density at radius 1 is 1.06 bits per heavy atom. The van der Waals surface area contributed by atoms with Gasteiger partial charge in [-0.1, -0.05) is 11.6 Å². The van der Waals surface area contributed by atoms with Crippen molar-refractivity contribution in [3.63, 3.8) is 0 Å². The van der Waals surface area contributed by atoms with Crippen LogP contribution in [0.25, 0.3) is 11.3 Å². The molecule has 2 aromatic heterocycles. The van der Waals surface area contributed by atoms with Crippen LogP contribution >= 0.6 is 11.6 Å². The van der Waals surface area contributed by atoms with Gasteiger partial charge in [0.2, 0.25) is 11.9 Å². The first-order valence-electron chi connectivity index (χ1n) is 4.21. The van der Waals surface area contributed by atoms with Crippen LogP contribution in [-0.2, 0) is 0 Å². The van der Waals surface area contributed by atoms with E-state index in [0.29, 0.717) is 0 Å². The Morgan fingerprint density at radius 3 is 2.50 bits per heavy atom. The van der Waals surface area contributed by atoms with Crippen molar-refractivity contribution in [3.05, 3.63) is 47.1 Å². The molecule has 6 heteroatoms. The van der Waals surface area contributed by atoms with E-state index >= 15 is 0 Å². The molecule has 0 saturated carbocycles. The van der Waals surface area contributed by atoms with Crippen molar-refractivity contribution < 1.29 is 13.2 Å². The van der Waals surface area contributed by atoms with Crippen LogP contribution in [0.4, 0.5) is 13.2 Å². The second-order valence-corrected chi connectivity index (χ2v) is 3.36. The van der Waals surface area contributed by atoms with E-state index in [1.807, 2.05) is 0 Å². The Bertz CT molecular complexity index is 546. The van der Waals surface area contributed by atoms with Gasteiger partial charge < -0.3 is 0 Å². The summed E-state index contributed by atoms with van der Waals surface area (Å²) in [5.41, 5.74) is -0.266. The number of aromatic nitrogens is 2. The lowest BCUT2D eigenvalue weighted by Gasteiger charge is -2.03. The summed E-state index contributed by atoms with van der Waals surface area (Å²) in [5.74, 6) is -2.63. The molecule has 0 aliphatic heterocycles. The van der Waals surface area contributed by atoms with Gasteiger partial charge in [0.25, 0.3) is 0 Å². The second-order valence-electron chi connectivity index (χ2n) is 2.96. The van der Waals surface area contributed by atoms with Crippen molar-refractivity contribution in [1.82, 2.24) is 9.97 Å². The molecule has 0 aromatic carbocycles. The lowest BCUT2D eigenvalue weighted by Crippen LogP contribution is -1.95. The van der Waals surface area contributed by atoms with E-state index in [1.54, 1.807) is 0 Å². The Hall–Kier alpha value is -1.62. The first-order chi connectivity index (χ1) is 7.58. The highest BCUT2D eigenvalue weighted by Gasteiger charge is 2.13.